The molecule has 0 heterocycles. The molecule has 4 saturated carbocycles. The van der Waals surface area contributed by atoms with Crippen LogP contribution in [0.2, 0.25) is 0 Å². The first kappa shape index (κ1) is 21.6. The summed E-state index contributed by atoms with van der Waals surface area (Å²) in [6.07, 6.45) is 6.00. The SMILES string of the molecule is CC(CCC(=O)O)C1CC[C@H]2[C@@H]3[C@H](O)C[C@@H]4C[C@H](O)CC[C@]4(C)[C@H]3C[C@H](O)C12C. The molecule has 166 valence electrons. The standard InChI is InChI=1S/C24H40O5/c1-13(4-7-21(28)29)16-5-6-17-22-18(12-20(27)24(16,17)3)23(2)9-8-15(25)10-14(23)11-19(22)26/h13-20,22,25-27H,4-12H2,1-3H3,(H,28,29)/t13?,14-,15+,16?,17-,18-,19+,20-,22-,23-,24?/m0/s1. The zero-order valence-corrected chi connectivity index (χ0v) is 18.3. The van der Waals surface area contributed by atoms with Crippen molar-refractivity contribution in [3.63, 3.8) is 0 Å². The lowest BCUT2D eigenvalue weighted by Gasteiger charge is -2.63. The fourth-order valence-corrected chi connectivity index (χ4v) is 8.68. The third kappa shape index (κ3) is 3.27. The van der Waals surface area contributed by atoms with Gasteiger partial charge in [-0.2, -0.15) is 0 Å². The van der Waals surface area contributed by atoms with E-state index in [2.05, 4.69) is 20.8 Å². The van der Waals surface area contributed by atoms with Gasteiger partial charge in [0.15, 0.2) is 0 Å². The van der Waals surface area contributed by atoms with Crippen LogP contribution in [0.1, 0.15) is 78.6 Å². The molecule has 0 spiro atoms. The molecule has 0 amide bonds. The van der Waals surface area contributed by atoms with Crippen molar-refractivity contribution in [2.45, 2.75) is 96.9 Å². The predicted octanol–water partition coefficient (Wildman–Crippen LogP) is 3.45. The average Bonchev–Trinajstić information content (AvgIpc) is 3.01. The average molecular weight is 409 g/mol. The molecule has 4 fully saturated rings. The quantitative estimate of drug-likeness (QED) is 0.571. The third-order valence-electron chi connectivity index (χ3n) is 10.3. The van der Waals surface area contributed by atoms with Gasteiger partial charge in [0.25, 0.3) is 0 Å². The van der Waals surface area contributed by atoms with Crippen LogP contribution >= 0.6 is 0 Å². The molecule has 0 aromatic rings. The Morgan fingerprint density at radius 2 is 1.76 bits per heavy atom. The Labute approximate surface area is 174 Å². The number of carbonyl (C=O) groups is 1. The molecule has 4 aliphatic rings. The largest absolute Gasteiger partial charge is 0.481 e. The second-order valence-corrected chi connectivity index (χ2v) is 11.4. The first-order valence-electron chi connectivity index (χ1n) is 11.8. The highest BCUT2D eigenvalue weighted by molar-refractivity contribution is 5.66. The minimum atomic E-state index is -0.748. The van der Waals surface area contributed by atoms with Gasteiger partial charge in [-0.3, -0.25) is 4.79 Å². The molecule has 11 atom stereocenters. The second kappa shape index (κ2) is 7.49. The molecule has 0 saturated heterocycles. The van der Waals surface area contributed by atoms with Crippen LogP contribution in [0, 0.1) is 46.3 Å². The molecule has 0 radical (unpaired) electrons. The molecular weight excluding hydrogens is 368 g/mol. The van der Waals surface area contributed by atoms with Crippen LogP contribution in [-0.2, 0) is 4.79 Å². The van der Waals surface area contributed by atoms with E-state index in [9.17, 15) is 20.1 Å². The molecule has 4 aliphatic carbocycles. The third-order valence-corrected chi connectivity index (χ3v) is 10.3. The monoisotopic (exact) mass is 408 g/mol. The maximum atomic E-state index is 11.5. The Morgan fingerprint density at radius 1 is 1.03 bits per heavy atom. The van der Waals surface area contributed by atoms with Gasteiger partial charge in [-0.05, 0) is 97.7 Å². The Kier molecular flexibility index (Phi) is 5.57. The van der Waals surface area contributed by atoms with E-state index in [-0.39, 0.29) is 41.3 Å². The molecule has 4 rings (SSSR count). The number of hydrogen-bond donors (Lipinski definition) is 4. The number of carboxylic acid groups (broad SMARTS) is 1. The molecular formula is C24H40O5. The number of aliphatic carboxylic acids is 1. The van der Waals surface area contributed by atoms with E-state index in [1.807, 2.05) is 0 Å². The number of aliphatic hydroxyl groups is 3. The predicted molar refractivity (Wildman–Crippen MR) is 110 cm³/mol. The minimum Gasteiger partial charge on any atom is -0.481 e. The van der Waals surface area contributed by atoms with E-state index in [0.29, 0.717) is 30.1 Å². The van der Waals surface area contributed by atoms with Crippen LogP contribution < -0.4 is 0 Å². The highest BCUT2D eigenvalue weighted by Gasteiger charge is 2.65. The van der Waals surface area contributed by atoms with E-state index < -0.39 is 12.1 Å². The minimum absolute atomic E-state index is 0.0957. The lowest BCUT2D eigenvalue weighted by Crippen LogP contribution is -2.62. The number of fused-ring (bicyclic) bond motifs is 5. The number of rotatable bonds is 4. The summed E-state index contributed by atoms with van der Waals surface area (Å²) in [4.78, 5) is 11.1. The molecule has 29 heavy (non-hydrogen) atoms. The maximum Gasteiger partial charge on any atom is 0.303 e. The van der Waals surface area contributed by atoms with Crippen molar-refractivity contribution in [3.05, 3.63) is 0 Å². The molecule has 0 aliphatic heterocycles. The van der Waals surface area contributed by atoms with Gasteiger partial charge in [0, 0.05) is 6.42 Å². The van der Waals surface area contributed by atoms with Crippen molar-refractivity contribution in [1.82, 2.24) is 0 Å². The number of aliphatic hydroxyl groups excluding tert-OH is 3. The van der Waals surface area contributed by atoms with Gasteiger partial charge < -0.3 is 20.4 Å². The molecule has 0 aromatic heterocycles. The summed E-state index contributed by atoms with van der Waals surface area (Å²) < 4.78 is 0. The van der Waals surface area contributed by atoms with Gasteiger partial charge in [0.05, 0.1) is 18.3 Å². The zero-order chi connectivity index (χ0) is 21.1. The Morgan fingerprint density at radius 3 is 2.45 bits per heavy atom. The van der Waals surface area contributed by atoms with E-state index in [1.165, 1.54) is 0 Å². The van der Waals surface area contributed by atoms with Gasteiger partial charge in [-0.15, -0.1) is 0 Å². The van der Waals surface area contributed by atoms with Gasteiger partial charge in [-0.1, -0.05) is 20.8 Å². The highest BCUT2D eigenvalue weighted by atomic mass is 16.4. The van der Waals surface area contributed by atoms with Crippen LogP contribution in [0.3, 0.4) is 0 Å². The smallest absolute Gasteiger partial charge is 0.303 e. The van der Waals surface area contributed by atoms with E-state index in [0.717, 1.165) is 44.9 Å². The first-order valence-corrected chi connectivity index (χ1v) is 11.8. The van der Waals surface area contributed by atoms with Crippen molar-refractivity contribution in [3.8, 4) is 0 Å². The summed E-state index contributed by atoms with van der Waals surface area (Å²) in [5.74, 6) is 0.997. The van der Waals surface area contributed by atoms with Crippen molar-refractivity contribution in [2.75, 3.05) is 0 Å². The summed E-state index contributed by atoms with van der Waals surface area (Å²) in [6.45, 7) is 6.72. The summed E-state index contributed by atoms with van der Waals surface area (Å²) in [7, 11) is 0. The zero-order valence-electron chi connectivity index (χ0n) is 18.3. The maximum absolute atomic E-state index is 11.5. The van der Waals surface area contributed by atoms with Crippen LogP contribution in [0.4, 0.5) is 0 Å². The van der Waals surface area contributed by atoms with Crippen LogP contribution in [0.5, 0.6) is 0 Å². The van der Waals surface area contributed by atoms with Crippen molar-refractivity contribution >= 4 is 5.97 Å². The van der Waals surface area contributed by atoms with Crippen molar-refractivity contribution in [1.29, 1.82) is 0 Å². The lowest BCUT2D eigenvalue weighted by atomic mass is 9.43. The van der Waals surface area contributed by atoms with Gasteiger partial charge >= 0.3 is 5.97 Å². The van der Waals surface area contributed by atoms with Gasteiger partial charge in [0.2, 0.25) is 0 Å². The molecule has 0 bridgehead atoms. The summed E-state index contributed by atoms with van der Waals surface area (Å²) in [5.41, 5.74) is -0.143. The van der Waals surface area contributed by atoms with Gasteiger partial charge in [-0.25, -0.2) is 0 Å². The first-order chi connectivity index (χ1) is 13.6. The van der Waals surface area contributed by atoms with Crippen LogP contribution in [0.25, 0.3) is 0 Å². The van der Waals surface area contributed by atoms with E-state index in [4.69, 9.17) is 5.11 Å². The molecule has 3 unspecified atom stereocenters. The second-order valence-electron chi connectivity index (χ2n) is 11.4. The van der Waals surface area contributed by atoms with Crippen molar-refractivity contribution in [2.24, 2.45) is 46.3 Å². The molecule has 5 nitrogen and oxygen atoms in total. The number of carboxylic acids is 1. The van der Waals surface area contributed by atoms with Gasteiger partial charge in [0.1, 0.15) is 0 Å². The lowest BCUT2D eigenvalue weighted by molar-refractivity contribution is -0.207. The van der Waals surface area contributed by atoms with E-state index >= 15 is 0 Å². The topological polar surface area (TPSA) is 98.0 Å². The molecule has 5 heteroatoms. The molecule has 0 aromatic carbocycles. The Balaban J connectivity index is 1.61. The van der Waals surface area contributed by atoms with Crippen LogP contribution in [0.15, 0.2) is 0 Å². The van der Waals surface area contributed by atoms with Crippen molar-refractivity contribution < 1.29 is 25.2 Å². The molecule has 4 N–H and O–H groups in total. The highest BCUT2D eigenvalue weighted by Crippen LogP contribution is 2.68. The summed E-state index contributed by atoms with van der Waals surface area (Å²) in [5, 5.41) is 42.0. The number of hydrogen-bond acceptors (Lipinski definition) is 4. The fraction of sp³-hybridized carbons (Fsp3) is 0.958. The van der Waals surface area contributed by atoms with E-state index in [1.54, 1.807) is 0 Å². The normalized spacial score (nSPS) is 52.9. The van der Waals surface area contributed by atoms with Crippen LogP contribution in [-0.4, -0.2) is 44.7 Å². The summed E-state index contributed by atoms with van der Waals surface area (Å²) in [6, 6.07) is 0. The fourth-order valence-electron chi connectivity index (χ4n) is 8.68. The Bertz CT molecular complexity index is 637. The summed E-state index contributed by atoms with van der Waals surface area (Å²) >= 11 is 0. The Hall–Kier alpha value is -0.650.